The van der Waals surface area contributed by atoms with Crippen molar-refractivity contribution in [3.63, 3.8) is 0 Å². The summed E-state index contributed by atoms with van der Waals surface area (Å²) in [4.78, 5) is 40.3. The van der Waals surface area contributed by atoms with E-state index in [1.807, 2.05) is 85.8 Å². The highest BCUT2D eigenvalue weighted by molar-refractivity contribution is 8.00. The van der Waals surface area contributed by atoms with Gasteiger partial charge < -0.3 is 10.6 Å². The van der Waals surface area contributed by atoms with Crippen molar-refractivity contribution in [3.05, 3.63) is 143 Å². The van der Waals surface area contributed by atoms with E-state index in [1.54, 1.807) is 42.5 Å². The number of hydrogen-bond acceptors (Lipinski definition) is 7. The molecule has 214 valence electrons. The van der Waals surface area contributed by atoms with Crippen molar-refractivity contribution in [2.24, 2.45) is 0 Å². The molecular formula is C33H27N5O3S2. The average Bonchev–Trinajstić information content (AvgIpc) is 3.45. The minimum absolute atomic E-state index is 0.103. The number of amides is 3. The molecule has 10 heteroatoms. The number of thioether (sulfide) groups is 1. The zero-order valence-electron chi connectivity index (χ0n) is 23.1. The number of anilines is 2. The first kappa shape index (κ1) is 29.4. The number of nitrogens with zero attached hydrogens (tertiary/aromatic N) is 2. The summed E-state index contributed by atoms with van der Waals surface area (Å²) in [6.07, 6.45) is 1.63. The summed E-state index contributed by atoms with van der Waals surface area (Å²) in [6, 6.07) is 34.7. The quantitative estimate of drug-likeness (QED) is 0.120. The lowest BCUT2D eigenvalue weighted by Gasteiger charge is -2.16. The number of aryl methyl sites for hydroxylation is 1. The third kappa shape index (κ3) is 8.25. The van der Waals surface area contributed by atoms with Gasteiger partial charge in [-0.2, -0.15) is 0 Å². The first-order valence-electron chi connectivity index (χ1n) is 13.3. The van der Waals surface area contributed by atoms with Crippen molar-refractivity contribution in [2.75, 3.05) is 10.6 Å². The number of carbonyl (C=O) groups is 3. The predicted molar refractivity (Wildman–Crippen MR) is 172 cm³/mol. The van der Waals surface area contributed by atoms with Crippen molar-refractivity contribution >= 4 is 57.7 Å². The monoisotopic (exact) mass is 605 g/mol. The van der Waals surface area contributed by atoms with Crippen LogP contribution in [0.25, 0.3) is 6.08 Å². The van der Waals surface area contributed by atoms with Gasteiger partial charge in [-0.05, 0) is 60.5 Å². The Morgan fingerprint density at radius 3 is 2.02 bits per heavy atom. The van der Waals surface area contributed by atoms with Gasteiger partial charge >= 0.3 is 0 Å². The molecule has 3 N–H and O–H groups in total. The maximum atomic E-state index is 13.3. The van der Waals surface area contributed by atoms with Crippen molar-refractivity contribution in [1.29, 1.82) is 0 Å². The molecule has 5 aromatic rings. The van der Waals surface area contributed by atoms with E-state index in [-0.39, 0.29) is 11.6 Å². The second-order valence-electron chi connectivity index (χ2n) is 9.29. The van der Waals surface area contributed by atoms with Gasteiger partial charge in [0.05, 0.1) is 0 Å². The van der Waals surface area contributed by atoms with E-state index in [0.717, 1.165) is 21.0 Å². The van der Waals surface area contributed by atoms with Crippen LogP contribution in [0.15, 0.2) is 126 Å². The van der Waals surface area contributed by atoms with Crippen molar-refractivity contribution < 1.29 is 14.4 Å². The zero-order valence-corrected chi connectivity index (χ0v) is 24.7. The van der Waals surface area contributed by atoms with Crippen LogP contribution in [0.3, 0.4) is 0 Å². The van der Waals surface area contributed by atoms with Crippen molar-refractivity contribution in [2.45, 2.75) is 17.1 Å². The van der Waals surface area contributed by atoms with Crippen LogP contribution in [0.1, 0.15) is 31.7 Å². The highest BCUT2D eigenvalue weighted by Crippen LogP contribution is 2.37. The Kier molecular flexibility index (Phi) is 9.73. The minimum Gasteiger partial charge on any atom is -0.321 e. The van der Waals surface area contributed by atoms with Crippen LogP contribution in [-0.2, 0) is 9.59 Å². The van der Waals surface area contributed by atoms with Gasteiger partial charge in [0.15, 0.2) is 0 Å². The Labute approximate surface area is 257 Å². The second kappa shape index (κ2) is 14.2. The van der Waals surface area contributed by atoms with E-state index in [9.17, 15) is 14.4 Å². The topological polar surface area (TPSA) is 113 Å². The number of hydrogen-bond donors (Lipinski definition) is 3. The van der Waals surface area contributed by atoms with Crippen LogP contribution in [0.4, 0.5) is 10.8 Å². The molecule has 0 aliphatic rings. The first-order valence-corrected chi connectivity index (χ1v) is 15.0. The Bertz CT molecular complexity index is 1730. The van der Waals surface area contributed by atoms with Crippen molar-refractivity contribution in [1.82, 2.24) is 15.5 Å². The van der Waals surface area contributed by atoms with Gasteiger partial charge in [-0.15, -0.1) is 22.0 Å². The molecule has 43 heavy (non-hydrogen) atoms. The van der Waals surface area contributed by atoms with E-state index >= 15 is 0 Å². The molecule has 3 amide bonds. The van der Waals surface area contributed by atoms with E-state index in [0.29, 0.717) is 16.4 Å². The Morgan fingerprint density at radius 1 is 0.767 bits per heavy atom. The van der Waals surface area contributed by atoms with Crippen LogP contribution in [0.5, 0.6) is 0 Å². The molecule has 0 saturated carbocycles. The summed E-state index contributed by atoms with van der Waals surface area (Å²) >= 11 is 2.69. The number of carbonyl (C=O) groups excluding carboxylic acids is 3. The van der Waals surface area contributed by atoms with E-state index in [1.165, 1.54) is 23.1 Å². The molecular weight excluding hydrogens is 579 g/mol. The fourth-order valence-electron chi connectivity index (χ4n) is 4.03. The third-order valence-corrected chi connectivity index (χ3v) is 8.12. The third-order valence-electron chi connectivity index (χ3n) is 6.10. The van der Waals surface area contributed by atoms with Gasteiger partial charge in [0.1, 0.15) is 16.0 Å². The van der Waals surface area contributed by atoms with Gasteiger partial charge in [0.25, 0.3) is 11.8 Å². The SMILES string of the molecule is Cc1nnc(NC(=O)C(Sc2ccc(NC(=O)/C(=C/c3ccccc3)NC(=O)c3ccccc3)cc2)c2ccccc2)s1. The maximum Gasteiger partial charge on any atom is 0.272 e. The molecule has 1 atom stereocenters. The second-order valence-corrected chi connectivity index (χ2v) is 11.7. The van der Waals surface area contributed by atoms with Gasteiger partial charge in [-0.3, -0.25) is 19.7 Å². The summed E-state index contributed by atoms with van der Waals surface area (Å²) in [5.74, 6) is -1.07. The van der Waals surface area contributed by atoms with Gasteiger partial charge in [0, 0.05) is 16.1 Å². The van der Waals surface area contributed by atoms with Crippen LogP contribution >= 0.6 is 23.1 Å². The Morgan fingerprint density at radius 2 is 1.40 bits per heavy atom. The van der Waals surface area contributed by atoms with Gasteiger partial charge in [0.2, 0.25) is 11.0 Å². The summed E-state index contributed by atoms with van der Waals surface area (Å²) in [5, 5.41) is 17.1. The highest BCUT2D eigenvalue weighted by atomic mass is 32.2. The normalized spacial score (nSPS) is 11.8. The number of benzene rings is 4. The molecule has 1 unspecified atom stereocenters. The van der Waals surface area contributed by atoms with Gasteiger partial charge in [-0.25, -0.2) is 0 Å². The first-order chi connectivity index (χ1) is 20.9. The Hall–Kier alpha value is -5.06. The molecule has 0 radical (unpaired) electrons. The zero-order chi connectivity index (χ0) is 30.0. The summed E-state index contributed by atoms with van der Waals surface area (Å²) < 4.78 is 0. The van der Waals surface area contributed by atoms with E-state index < -0.39 is 17.1 Å². The lowest BCUT2D eigenvalue weighted by atomic mass is 10.1. The minimum atomic E-state index is -0.542. The van der Waals surface area contributed by atoms with E-state index in [4.69, 9.17) is 0 Å². The molecule has 5 rings (SSSR count). The highest BCUT2D eigenvalue weighted by Gasteiger charge is 2.23. The molecule has 8 nitrogen and oxygen atoms in total. The lowest BCUT2D eigenvalue weighted by Crippen LogP contribution is -2.30. The molecule has 1 aromatic heterocycles. The fourth-order valence-corrected chi connectivity index (χ4v) is 5.65. The lowest BCUT2D eigenvalue weighted by molar-refractivity contribution is -0.116. The maximum absolute atomic E-state index is 13.3. The Balaban J connectivity index is 1.31. The molecule has 0 aliphatic carbocycles. The van der Waals surface area contributed by atoms with Crippen LogP contribution in [-0.4, -0.2) is 27.9 Å². The molecule has 0 fully saturated rings. The molecule has 1 heterocycles. The predicted octanol–water partition coefficient (Wildman–Crippen LogP) is 6.73. The molecule has 0 aliphatic heterocycles. The van der Waals surface area contributed by atoms with Crippen LogP contribution in [0, 0.1) is 6.92 Å². The van der Waals surface area contributed by atoms with Crippen LogP contribution in [0.2, 0.25) is 0 Å². The summed E-state index contributed by atoms with van der Waals surface area (Å²) in [6.45, 7) is 1.83. The number of aromatic nitrogens is 2. The molecule has 0 bridgehead atoms. The molecule has 4 aromatic carbocycles. The smallest absolute Gasteiger partial charge is 0.272 e. The van der Waals surface area contributed by atoms with Crippen LogP contribution < -0.4 is 16.0 Å². The standard InChI is InChI=1S/C33H27N5O3S2/c1-22-37-38-33(42-22)36-32(41)29(24-13-7-3-8-14-24)43-27-19-17-26(18-20-27)34-31(40)28(21-23-11-5-2-6-12-23)35-30(39)25-15-9-4-10-16-25/h2-21,29H,1H3,(H,34,40)(H,35,39)(H,36,38,41)/b28-21-. The fraction of sp³-hybridized carbons (Fsp3) is 0.0606. The average molecular weight is 606 g/mol. The van der Waals surface area contributed by atoms with Gasteiger partial charge in [-0.1, -0.05) is 90.2 Å². The largest absolute Gasteiger partial charge is 0.321 e. The summed E-state index contributed by atoms with van der Waals surface area (Å²) in [7, 11) is 0. The molecule has 0 saturated heterocycles. The van der Waals surface area contributed by atoms with Crippen molar-refractivity contribution in [3.8, 4) is 0 Å². The molecule has 0 spiro atoms. The number of nitrogens with one attached hydrogen (secondary N) is 3. The van der Waals surface area contributed by atoms with E-state index in [2.05, 4.69) is 26.1 Å². The number of rotatable bonds is 10. The summed E-state index contributed by atoms with van der Waals surface area (Å²) in [5.41, 5.74) is 2.68.